The standard InChI is InChI=1S/C18H18F2N2O3S.ClH/c1-3-25-18(24)14-10-7-8-22(2)9-13(10)26-17(14)21-16(23)15-11(19)5-4-6-12(15)20;/h4-6H,3,7-9H2,1-2H3,(H,21,23);1H. The van der Waals surface area contributed by atoms with Crippen molar-refractivity contribution in [1.82, 2.24) is 4.90 Å². The van der Waals surface area contributed by atoms with Crippen LogP contribution in [0.25, 0.3) is 0 Å². The number of rotatable bonds is 4. The van der Waals surface area contributed by atoms with E-state index < -0.39 is 29.1 Å². The summed E-state index contributed by atoms with van der Waals surface area (Å²) in [6.45, 7) is 3.29. The number of hydrogen-bond acceptors (Lipinski definition) is 5. The Morgan fingerprint density at radius 2 is 1.93 bits per heavy atom. The molecule has 9 heteroatoms. The maximum absolute atomic E-state index is 13.9. The number of halogens is 3. The number of hydrogen-bond donors (Lipinski definition) is 1. The Bertz CT molecular complexity index is 852. The molecule has 0 aliphatic carbocycles. The highest BCUT2D eigenvalue weighted by Crippen LogP contribution is 2.37. The molecule has 2 heterocycles. The Kier molecular flexibility index (Phi) is 6.91. The molecular formula is C18H19ClF2N2O3S. The van der Waals surface area contributed by atoms with E-state index in [9.17, 15) is 18.4 Å². The smallest absolute Gasteiger partial charge is 0.341 e. The van der Waals surface area contributed by atoms with Gasteiger partial charge in [0.2, 0.25) is 0 Å². The van der Waals surface area contributed by atoms with Gasteiger partial charge in [-0.2, -0.15) is 0 Å². The number of thiophene rings is 1. The van der Waals surface area contributed by atoms with E-state index in [-0.39, 0.29) is 29.6 Å². The fraction of sp³-hybridized carbons (Fsp3) is 0.333. The van der Waals surface area contributed by atoms with Crippen molar-refractivity contribution in [3.63, 3.8) is 0 Å². The van der Waals surface area contributed by atoms with Gasteiger partial charge in [0.15, 0.2) is 0 Å². The van der Waals surface area contributed by atoms with Gasteiger partial charge in [-0.05, 0) is 38.1 Å². The average Bonchev–Trinajstić information content (AvgIpc) is 2.91. The van der Waals surface area contributed by atoms with Gasteiger partial charge >= 0.3 is 5.97 Å². The monoisotopic (exact) mass is 416 g/mol. The summed E-state index contributed by atoms with van der Waals surface area (Å²) in [6, 6.07) is 3.21. The van der Waals surface area contributed by atoms with Crippen LogP contribution < -0.4 is 5.32 Å². The first kappa shape index (κ1) is 21.3. The van der Waals surface area contributed by atoms with Gasteiger partial charge in [-0.3, -0.25) is 4.79 Å². The quantitative estimate of drug-likeness (QED) is 0.769. The predicted molar refractivity (Wildman–Crippen MR) is 102 cm³/mol. The molecule has 3 rings (SSSR count). The molecule has 1 aromatic carbocycles. The van der Waals surface area contributed by atoms with Crippen LogP contribution in [0.3, 0.4) is 0 Å². The number of ether oxygens (including phenoxy) is 1. The molecule has 2 aromatic rings. The van der Waals surface area contributed by atoms with E-state index in [1.54, 1.807) is 6.92 Å². The molecule has 0 bridgehead atoms. The lowest BCUT2D eigenvalue weighted by atomic mass is 10.0. The van der Waals surface area contributed by atoms with Crippen LogP contribution in [0.5, 0.6) is 0 Å². The number of fused-ring (bicyclic) bond motifs is 1. The van der Waals surface area contributed by atoms with E-state index in [2.05, 4.69) is 10.2 Å². The SMILES string of the molecule is CCOC(=O)c1c(NC(=O)c2c(F)cccc2F)sc2c1CCN(C)C2.Cl. The van der Waals surface area contributed by atoms with Crippen molar-refractivity contribution >= 4 is 40.6 Å². The van der Waals surface area contributed by atoms with Crippen molar-refractivity contribution < 1.29 is 23.1 Å². The molecule has 146 valence electrons. The lowest BCUT2D eigenvalue weighted by Crippen LogP contribution is -2.26. The van der Waals surface area contributed by atoms with E-state index in [1.807, 2.05) is 7.05 Å². The highest BCUT2D eigenvalue weighted by molar-refractivity contribution is 7.17. The largest absolute Gasteiger partial charge is 0.462 e. The van der Waals surface area contributed by atoms with Crippen LogP contribution in [0, 0.1) is 11.6 Å². The predicted octanol–water partition coefficient (Wildman–Crippen LogP) is 3.87. The van der Waals surface area contributed by atoms with Crippen LogP contribution in [0.2, 0.25) is 0 Å². The van der Waals surface area contributed by atoms with Crippen LogP contribution in [0.15, 0.2) is 18.2 Å². The number of benzene rings is 1. The van der Waals surface area contributed by atoms with Gasteiger partial charge in [0, 0.05) is 18.0 Å². The Labute approximate surface area is 165 Å². The molecule has 0 radical (unpaired) electrons. The number of nitrogens with one attached hydrogen (secondary N) is 1. The number of likely N-dealkylation sites (N-methyl/N-ethyl adjacent to an activating group) is 1. The lowest BCUT2D eigenvalue weighted by Gasteiger charge is -2.22. The summed E-state index contributed by atoms with van der Waals surface area (Å²) in [6.07, 6.45) is 0.639. The summed E-state index contributed by atoms with van der Waals surface area (Å²) in [7, 11) is 1.96. The number of anilines is 1. The van der Waals surface area contributed by atoms with Crippen molar-refractivity contribution in [3.8, 4) is 0 Å². The van der Waals surface area contributed by atoms with Crippen LogP contribution in [-0.2, 0) is 17.7 Å². The number of carbonyl (C=O) groups excluding carboxylic acids is 2. The Morgan fingerprint density at radius 1 is 1.26 bits per heavy atom. The summed E-state index contributed by atoms with van der Waals surface area (Å²) < 4.78 is 32.8. The van der Waals surface area contributed by atoms with Crippen LogP contribution in [0.1, 0.15) is 38.1 Å². The molecular weight excluding hydrogens is 398 g/mol. The zero-order valence-electron chi connectivity index (χ0n) is 14.8. The zero-order valence-corrected chi connectivity index (χ0v) is 16.4. The molecule has 27 heavy (non-hydrogen) atoms. The van der Waals surface area contributed by atoms with Crippen molar-refractivity contribution in [1.29, 1.82) is 0 Å². The van der Waals surface area contributed by atoms with E-state index >= 15 is 0 Å². The molecule has 0 saturated carbocycles. The molecule has 0 atom stereocenters. The summed E-state index contributed by atoms with van der Waals surface area (Å²) >= 11 is 1.24. The van der Waals surface area contributed by atoms with Crippen LogP contribution in [0.4, 0.5) is 13.8 Å². The summed E-state index contributed by atoms with van der Waals surface area (Å²) in [4.78, 5) is 27.9. The van der Waals surface area contributed by atoms with E-state index in [0.29, 0.717) is 13.0 Å². The van der Waals surface area contributed by atoms with Gasteiger partial charge in [0.25, 0.3) is 5.91 Å². The third-order valence-electron chi connectivity index (χ3n) is 4.14. The van der Waals surface area contributed by atoms with Gasteiger partial charge < -0.3 is 15.0 Å². The molecule has 1 N–H and O–H groups in total. The second-order valence-electron chi connectivity index (χ2n) is 5.97. The molecule has 0 unspecified atom stereocenters. The molecule has 0 saturated heterocycles. The first-order valence-electron chi connectivity index (χ1n) is 8.18. The Morgan fingerprint density at radius 3 is 2.56 bits per heavy atom. The van der Waals surface area contributed by atoms with Crippen molar-refractivity contribution in [2.24, 2.45) is 0 Å². The van der Waals surface area contributed by atoms with Gasteiger partial charge in [-0.25, -0.2) is 13.6 Å². The molecule has 0 spiro atoms. The van der Waals surface area contributed by atoms with E-state index in [4.69, 9.17) is 4.74 Å². The minimum atomic E-state index is -0.957. The van der Waals surface area contributed by atoms with Gasteiger partial charge in [0.1, 0.15) is 22.2 Å². The van der Waals surface area contributed by atoms with Crippen molar-refractivity contribution in [3.05, 3.63) is 51.4 Å². The molecule has 1 amide bonds. The Balaban J connectivity index is 0.00000261. The number of amides is 1. The molecule has 0 fully saturated rings. The van der Waals surface area contributed by atoms with Crippen molar-refractivity contribution in [2.75, 3.05) is 25.5 Å². The third kappa shape index (κ3) is 4.28. The van der Waals surface area contributed by atoms with Crippen LogP contribution >= 0.6 is 23.7 Å². The molecule has 1 aliphatic rings. The minimum absolute atomic E-state index is 0. The second kappa shape index (κ2) is 8.77. The summed E-state index contributed by atoms with van der Waals surface area (Å²) in [5, 5.41) is 2.76. The lowest BCUT2D eigenvalue weighted by molar-refractivity contribution is 0.0526. The third-order valence-corrected chi connectivity index (χ3v) is 5.28. The maximum atomic E-state index is 13.9. The summed E-state index contributed by atoms with van der Waals surface area (Å²) in [5.41, 5.74) is 0.437. The molecule has 5 nitrogen and oxygen atoms in total. The van der Waals surface area contributed by atoms with E-state index in [0.717, 1.165) is 29.1 Å². The maximum Gasteiger partial charge on any atom is 0.341 e. The second-order valence-corrected chi connectivity index (χ2v) is 7.07. The normalized spacial score (nSPS) is 13.5. The van der Waals surface area contributed by atoms with Gasteiger partial charge in [-0.1, -0.05) is 6.07 Å². The first-order chi connectivity index (χ1) is 12.4. The fourth-order valence-electron chi connectivity index (χ4n) is 2.92. The minimum Gasteiger partial charge on any atom is -0.462 e. The van der Waals surface area contributed by atoms with Gasteiger partial charge in [0.05, 0.1) is 12.2 Å². The van der Waals surface area contributed by atoms with Gasteiger partial charge in [-0.15, -0.1) is 23.7 Å². The number of esters is 1. The number of nitrogens with zero attached hydrogens (tertiary/aromatic N) is 1. The zero-order chi connectivity index (χ0) is 18.8. The van der Waals surface area contributed by atoms with Crippen molar-refractivity contribution in [2.45, 2.75) is 19.9 Å². The molecule has 1 aromatic heterocycles. The highest BCUT2D eigenvalue weighted by Gasteiger charge is 2.29. The van der Waals surface area contributed by atoms with E-state index in [1.165, 1.54) is 17.4 Å². The fourth-order valence-corrected chi connectivity index (χ4v) is 4.23. The first-order valence-corrected chi connectivity index (χ1v) is 8.99. The average molecular weight is 417 g/mol. The summed E-state index contributed by atoms with van der Waals surface area (Å²) in [5.74, 6) is -3.39. The molecule has 1 aliphatic heterocycles. The number of carbonyl (C=O) groups is 2. The topological polar surface area (TPSA) is 58.6 Å². The van der Waals surface area contributed by atoms with Crippen LogP contribution in [-0.4, -0.2) is 37.0 Å². The Hall–Kier alpha value is -2.03. The highest BCUT2D eigenvalue weighted by atomic mass is 35.5.